The molecular weight excluding hydrogens is 412 g/mol. The van der Waals surface area contributed by atoms with Gasteiger partial charge in [-0.05, 0) is 29.9 Å². The van der Waals surface area contributed by atoms with Gasteiger partial charge in [0.2, 0.25) is 11.8 Å². The van der Waals surface area contributed by atoms with Crippen LogP contribution in [0.25, 0.3) is 0 Å². The van der Waals surface area contributed by atoms with Gasteiger partial charge in [0.05, 0.1) is 11.4 Å². The molecule has 4 amide bonds. The van der Waals surface area contributed by atoms with Crippen molar-refractivity contribution in [3.63, 3.8) is 0 Å². The number of para-hydroxylation sites is 2. The number of aliphatic carboxylic acids is 1. The number of nitrogens with one attached hydrogen (secondary N) is 3. The Labute approximate surface area is 188 Å². The number of carbonyl (C=O) groups is 4. The van der Waals surface area contributed by atoms with Gasteiger partial charge < -0.3 is 21.1 Å². The Balaban J connectivity index is 2.36. The lowest BCUT2D eigenvalue weighted by atomic mass is 9.96. The zero-order valence-electron chi connectivity index (χ0n) is 19.5. The second-order valence-electron chi connectivity index (χ2n) is 8.95. The van der Waals surface area contributed by atoms with Crippen LogP contribution in [0.1, 0.15) is 48.0 Å². The van der Waals surface area contributed by atoms with Crippen molar-refractivity contribution in [3.8, 4) is 0 Å². The summed E-state index contributed by atoms with van der Waals surface area (Å²) in [7, 11) is 0. The van der Waals surface area contributed by atoms with Crippen molar-refractivity contribution in [2.75, 3.05) is 10.2 Å². The Hall–Kier alpha value is -3.10. The van der Waals surface area contributed by atoms with E-state index in [0.717, 1.165) is 0 Å². The number of nitrogens with zero attached hydrogens (tertiary/aromatic N) is 1. The number of carbonyl (C=O) groups excluding carboxylic acids is 3. The molecule has 1 heterocycles. The molecule has 9 nitrogen and oxygen atoms in total. The van der Waals surface area contributed by atoms with Gasteiger partial charge in [-0.25, -0.2) is 9.59 Å². The van der Waals surface area contributed by atoms with E-state index in [0.29, 0.717) is 17.8 Å². The maximum atomic E-state index is 13.4. The van der Waals surface area contributed by atoms with Crippen molar-refractivity contribution < 1.29 is 24.3 Å². The first-order chi connectivity index (χ1) is 15.0. The highest BCUT2D eigenvalue weighted by Crippen LogP contribution is 2.34. The third-order valence-corrected chi connectivity index (χ3v) is 5.82. The number of carboxylic acids is 1. The summed E-state index contributed by atoms with van der Waals surface area (Å²) in [5.41, 5.74) is 1.05. The van der Waals surface area contributed by atoms with Crippen LogP contribution in [0, 0.1) is 17.8 Å². The largest absolute Gasteiger partial charge is 0.480 e. The second-order valence-corrected chi connectivity index (χ2v) is 8.95. The van der Waals surface area contributed by atoms with E-state index in [1.54, 1.807) is 38.1 Å². The van der Waals surface area contributed by atoms with E-state index in [-0.39, 0.29) is 23.7 Å². The fourth-order valence-corrected chi connectivity index (χ4v) is 3.76. The van der Waals surface area contributed by atoms with Gasteiger partial charge in [-0.15, -0.1) is 0 Å². The van der Waals surface area contributed by atoms with Crippen molar-refractivity contribution >= 4 is 35.2 Å². The summed E-state index contributed by atoms with van der Waals surface area (Å²) >= 11 is 0. The van der Waals surface area contributed by atoms with Crippen molar-refractivity contribution in [1.29, 1.82) is 0 Å². The number of hydrogen-bond acceptors (Lipinski definition) is 4. The molecule has 0 saturated carbocycles. The Kier molecular flexibility index (Phi) is 8.24. The Bertz CT molecular complexity index is 870. The highest BCUT2D eigenvalue weighted by Gasteiger charge is 2.40. The van der Waals surface area contributed by atoms with Crippen molar-refractivity contribution in [1.82, 2.24) is 10.6 Å². The normalized spacial score (nSPS) is 18.4. The zero-order valence-corrected chi connectivity index (χ0v) is 19.5. The van der Waals surface area contributed by atoms with Crippen LogP contribution in [0.15, 0.2) is 24.3 Å². The standard InChI is InChI=1S/C23H34N4O5/c1-7-14(6)18(20(28)25-17(12(2)3)22(30)31)26-23(32)27-16-11-9-8-10-15(16)24-21(29)19(27)13(4)5/h8-14,17-19H,7H2,1-6H3,(H,24,29)(H,25,28)(H,26,32)(H,30,31)/t14?,17-,18-,19-/m0/s1. The number of benzene rings is 1. The Morgan fingerprint density at radius 3 is 2.22 bits per heavy atom. The van der Waals surface area contributed by atoms with Gasteiger partial charge in [0.15, 0.2) is 0 Å². The summed E-state index contributed by atoms with van der Waals surface area (Å²) < 4.78 is 0. The number of carboxylic acid groups (broad SMARTS) is 1. The molecule has 1 aromatic rings. The van der Waals surface area contributed by atoms with Crippen LogP contribution in [-0.2, 0) is 14.4 Å². The molecule has 4 atom stereocenters. The van der Waals surface area contributed by atoms with Crippen LogP contribution in [0.2, 0.25) is 0 Å². The number of fused-ring (bicyclic) bond motifs is 1. The Morgan fingerprint density at radius 1 is 1.06 bits per heavy atom. The average molecular weight is 447 g/mol. The summed E-state index contributed by atoms with van der Waals surface area (Å²) in [5.74, 6) is -2.76. The van der Waals surface area contributed by atoms with Crippen LogP contribution in [0.3, 0.4) is 0 Å². The molecule has 0 aromatic heterocycles. The number of anilines is 2. The molecule has 2 rings (SSSR count). The lowest BCUT2D eigenvalue weighted by Gasteiger charge is -2.39. The molecule has 0 fully saturated rings. The van der Waals surface area contributed by atoms with Crippen LogP contribution in [0.5, 0.6) is 0 Å². The smallest absolute Gasteiger partial charge is 0.326 e. The molecule has 0 spiro atoms. The molecule has 1 aliphatic rings. The summed E-state index contributed by atoms with van der Waals surface area (Å²) in [5, 5.41) is 17.6. The van der Waals surface area contributed by atoms with Gasteiger partial charge in [-0.3, -0.25) is 14.5 Å². The molecule has 176 valence electrons. The third kappa shape index (κ3) is 5.38. The molecule has 1 aliphatic heterocycles. The van der Waals surface area contributed by atoms with Crippen LogP contribution in [0.4, 0.5) is 16.2 Å². The van der Waals surface area contributed by atoms with E-state index in [1.807, 2.05) is 27.7 Å². The molecule has 32 heavy (non-hydrogen) atoms. The summed E-state index contributed by atoms with van der Waals surface area (Å²) in [6.45, 7) is 10.8. The third-order valence-electron chi connectivity index (χ3n) is 5.82. The minimum atomic E-state index is -1.14. The predicted molar refractivity (Wildman–Crippen MR) is 122 cm³/mol. The van der Waals surface area contributed by atoms with E-state index in [2.05, 4.69) is 16.0 Å². The van der Waals surface area contributed by atoms with Crippen molar-refractivity contribution in [2.24, 2.45) is 17.8 Å². The number of hydrogen-bond donors (Lipinski definition) is 4. The number of urea groups is 1. The van der Waals surface area contributed by atoms with Crippen LogP contribution >= 0.6 is 0 Å². The van der Waals surface area contributed by atoms with E-state index < -0.39 is 36.0 Å². The van der Waals surface area contributed by atoms with Gasteiger partial charge in [0.1, 0.15) is 18.1 Å². The highest BCUT2D eigenvalue weighted by molar-refractivity contribution is 6.12. The fourth-order valence-electron chi connectivity index (χ4n) is 3.76. The van der Waals surface area contributed by atoms with Crippen LogP contribution < -0.4 is 20.9 Å². The minimum absolute atomic E-state index is 0.178. The monoisotopic (exact) mass is 446 g/mol. The number of amides is 4. The van der Waals surface area contributed by atoms with Gasteiger partial charge in [0.25, 0.3) is 0 Å². The molecule has 1 unspecified atom stereocenters. The molecule has 0 saturated heterocycles. The average Bonchev–Trinajstić information content (AvgIpc) is 2.73. The Morgan fingerprint density at radius 2 is 1.69 bits per heavy atom. The molecule has 1 aromatic carbocycles. The van der Waals surface area contributed by atoms with Gasteiger partial charge in [-0.1, -0.05) is 60.1 Å². The summed E-state index contributed by atoms with van der Waals surface area (Å²) in [4.78, 5) is 52.1. The molecule has 0 radical (unpaired) electrons. The summed E-state index contributed by atoms with van der Waals surface area (Å²) in [6.07, 6.45) is 0.586. The SMILES string of the molecule is CCC(C)[C@H](NC(=O)N1c2ccccc2NC(=O)[C@@H]1C(C)C)C(=O)N[C@H](C(=O)O)C(C)C. The predicted octanol–water partition coefficient (Wildman–Crippen LogP) is 2.82. The maximum Gasteiger partial charge on any atom is 0.326 e. The summed E-state index contributed by atoms with van der Waals surface area (Å²) in [6, 6.07) is 3.61. The quantitative estimate of drug-likeness (QED) is 0.488. The van der Waals surface area contributed by atoms with Crippen molar-refractivity contribution in [2.45, 2.75) is 66.1 Å². The molecular formula is C23H34N4O5. The zero-order chi connectivity index (χ0) is 24.2. The van der Waals surface area contributed by atoms with E-state index in [9.17, 15) is 24.3 Å². The van der Waals surface area contributed by atoms with Crippen molar-refractivity contribution in [3.05, 3.63) is 24.3 Å². The molecule has 0 aliphatic carbocycles. The van der Waals surface area contributed by atoms with E-state index >= 15 is 0 Å². The first-order valence-corrected chi connectivity index (χ1v) is 11.0. The lowest BCUT2D eigenvalue weighted by molar-refractivity contribution is -0.143. The minimum Gasteiger partial charge on any atom is -0.480 e. The fraction of sp³-hybridized carbons (Fsp3) is 0.565. The highest BCUT2D eigenvalue weighted by atomic mass is 16.4. The molecule has 0 bridgehead atoms. The van der Waals surface area contributed by atoms with E-state index in [4.69, 9.17) is 0 Å². The van der Waals surface area contributed by atoms with Gasteiger partial charge >= 0.3 is 12.0 Å². The van der Waals surface area contributed by atoms with E-state index in [1.165, 1.54) is 4.90 Å². The lowest BCUT2D eigenvalue weighted by Crippen LogP contribution is -2.61. The van der Waals surface area contributed by atoms with Crippen LogP contribution in [-0.4, -0.2) is 47.0 Å². The van der Waals surface area contributed by atoms with Gasteiger partial charge in [-0.2, -0.15) is 0 Å². The van der Waals surface area contributed by atoms with Gasteiger partial charge in [0, 0.05) is 0 Å². The first-order valence-electron chi connectivity index (χ1n) is 11.0. The number of rotatable bonds is 8. The molecule has 4 N–H and O–H groups in total. The topological polar surface area (TPSA) is 128 Å². The first kappa shape index (κ1) is 25.2. The second kappa shape index (κ2) is 10.5. The molecule has 9 heteroatoms. The maximum absolute atomic E-state index is 13.4.